The van der Waals surface area contributed by atoms with Gasteiger partial charge < -0.3 is 5.32 Å². The molecule has 0 radical (unpaired) electrons. The van der Waals surface area contributed by atoms with Gasteiger partial charge in [0.1, 0.15) is 0 Å². The molecule has 0 aliphatic rings. The minimum absolute atomic E-state index is 0.400. The number of amides is 1. The molecule has 0 saturated carbocycles. The molecule has 0 aromatic carbocycles. The van der Waals surface area contributed by atoms with Crippen molar-refractivity contribution in [3.05, 3.63) is 17.5 Å². The highest BCUT2D eigenvalue weighted by molar-refractivity contribution is 5.92. The van der Waals surface area contributed by atoms with Gasteiger partial charge in [0.2, 0.25) is 0 Å². The van der Waals surface area contributed by atoms with Gasteiger partial charge in [-0.3, -0.25) is 9.48 Å². The summed E-state index contributed by atoms with van der Waals surface area (Å²) < 4.78 is 1.75. The first-order valence-corrected chi connectivity index (χ1v) is 3.87. The molecule has 1 N–H and O–H groups in total. The molecule has 0 bridgehead atoms. The molecule has 1 aromatic rings. The van der Waals surface area contributed by atoms with Crippen LogP contribution in [0.25, 0.3) is 0 Å². The van der Waals surface area contributed by atoms with Gasteiger partial charge in [0.05, 0.1) is 6.20 Å². The van der Waals surface area contributed by atoms with E-state index in [1.807, 2.05) is 19.9 Å². The zero-order chi connectivity index (χ0) is 9.84. The van der Waals surface area contributed by atoms with Crippen molar-refractivity contribution in [2.75, 3.05) is 0 Å². The fourth-order valence-corrected chi connectivity index (χ4v) is 0.944. The van der Waals surface area contributed by atoms with Gasteiger partial charge in [-0.15, -0.1) is 6.42 Å². The first-order chi connectivity index (χ1) is 6.15. The second-order valence-corrected chi connectivity index (χ2v) is 2.71. The largest absolute Gasteiger partial charge is 0.341 e. The monoisotopic (exact) mass is 177 g/mol. The molecule has 0 unspecified atom stereocenters. The molecule has 1 rings (SSSR count). The number of aromatic nitrogens is 2. The summed E-state index contributed by atoms with van der Waals surface area (Å²) in [6, 6.07) is 0. The van der Waals surface area contributed by atoms with Crippen LogP contribution in [0.2, 0.25) is 0 Å². The number of nitrogens with one attached hydrogen (secondary N) is 1. The third-order valence-electron chi connectivity index (χ3n) is 1.91. The Bertz CT molecular complexity index is 359. The van der Waals surface area contributed by atoms with E-state index >= 15 is 0 Å². The predicted octanol–water partition coefficient (Wildman–Crippen LogP) is -0.0221. The van der Waals surface area contributed by atoms with Crippen molar-refractivity contribution in [2.45, 2.75) is 13.5 Å². The van der Waals surface area contributed by atoms with Crippen LogP contribution in [-0.4, -0.2) is 15.7 Å². The van der Waals surface area contributed by atoms with Gasteiger partial charge in [0.15, 0.2) is 0 Å². The van der Waals surface area contributed by atoms with Crippen LogP contribution < -0.4 is 5.32 Å². The molecule has 4 heteroatoms. The SMILES string of the molecule is C#CC(=O)NCc1cnn(C)c1C. The molecular weight excluding hydrogens is 166 g/mol. The van der Waals surface area contributed by atoms with E-state index in [1.165, 1.54) is 0 Å². The van der Waals surface area contributed by atoms with Crippen LogP contribution in [0.1, 0.15) is 11.3 Å². The summed E-state index contributed by atoms with van der Waals surface area (Å²) in [5, 5.41) is 6.61. The van der Waals surface area contributed by atoms with E-state index < -0.39 is 5.91 Å². The lowest BCUT2D eigenvalue weighted by Crippen LogP contribution is -2.20. The van der Waals surface area contributed by atoms with E-state index in [0.29, 0.717) is 6.54 Å². The van der Waals surface area contributed by atoms with Crippen molar-refractivity contribution < 1.29 is 4.79 Å². The van der Waals surface area contributed by atoms with E-state index in [9.17, 15) is 4.79 Å². The smallest absolute Gasteiger partial charge is 0.295 e. The molecule has 0 spiro atoms. The van der Waals surface area contributed by atoms with Crippen LogP contribution in [0.15, 0.2) is 6.20 Å². The van der Waals surface area contributed by atoms with E-state index in [1.54, 1.807) is 10.9 Å². The Labute approximate surface area is 76.9 Å². The molecule has 0 aliphatic carbocycles. The first-order valence-electron chi connectivity index (χ1n) is 3.87. The maximum Gasteiger partial charge on any atom is 0.295 e. The average Bonchev–Trinajstić information content (AvgIpc) is 2.44. The van der Waals surface area contributed by atoms with Crippen LogP contribution in [0.5, 0.6) is 0 Å². The highest BCUT2D eigenvalue weighted by atomic mass is 16.1. The number of hydrogen-bond donors (Lipinski definition) is 1. The molecule has 0 fully saturated rings. The highest BCUT2D eigenvalue weighted by Crippen LogP contribution is 2.04. The van der Waals surface area contributed by atoms with Crippen LogP contribution in [0.3, 0.4) is 0 Å². The summed E-state index contributed by atoms with van der Waals surface area (Å²) in [5.41, 5.74) is 2.00. The van der Waals surface area contributed by atoms with Gasteiger partial charge in [-0.1, -0.05) is 0 Å². The minimum atomic E-state index is -0.400. The summed E-state index contributed by atoms with van der Waals surface area (Å²) in [6.07, 6.45) is 6.61. The number of carbonyl (C=O) groups excluding carboxylic acids is 1. The number of terminal acetylenes is 1. The highest BCUT2D eigenvalue weighted by Gasteiger charge is 2.03. The average molecular weight is 177 g/mol. The second-order valence-electron chi connectivity index (χ2n) is 2.71. The number of aryl methyl sites for hydroxylation is 1. The number of carbonyl (C=O) groups is 1. The maximum atomic E-state index is 10.7. The molecular formula is C9H11N3O. The van der Waals surface area contributed by atoms with Crippen molar-refractivity contribution >= 4 is 5.91 Å². The number of rotatable bonds is 2. The summed E-state index contributed by atoms with van der Waals surface area (Å²) in [6.45, 7) is 2.37. The van der Waals surface area contributed by atoms with Gasteiger partial charge in [0, 0.05) is 24.8 Å². The number of hydrogen-bond acceptors (Lipinski definition) is 2. The standard InChI is InChI=1S/C9H11N3O/c1-4-9(13)10-5-8-6-11-12(3)7(8)2/h1,6H,5H2,2-3H3,(H,10,13). The normalized spacial score (nSPS) is 9.31. The van der Waals surface area contributed by atoms with Gasteiger partial charge >= 0.3 is 0 Å². The molecule has 0 atom stereocenters. The fraction of sp³-hybridized carbons (Fsp3) is 0.333. The summed E-state index contributed by atoms with van der Waals surface area (Å²) in [7, 11) is 1.85. The lowest BCUT2D eigenvalue weighted by atomic mass is 10.2. The molecule has 0 saturated heterocycles. The Balaban J connectivity index is 2.61. The Kier molecular flexibility index (Phi) is 2.70. The van der Waals surface area contributed by atoms with Crippen LogP contribution >= 0.6 is 0 Å². The van der Waals surface area contributed by atoms with E-state index in [4.69, 9.17) is 6.42 Å². The van der Waals surface area contributed by atoms with Gasteiger partial charge in [0.25, 0.3) is 5.91 Å². The maximum absolute atomic E-state index is 10.7. The van der Waals surface area contributed by atoms with Crippen molar-refractivity contribution in [1.29, 1.82) is 0 Å². The van der Waals surface area contributed by atoms with Crippen LogP contribution in [0.4, 0.5) is 0 Å². The first kappa shape index (κ1) is 9.33. The van der Waals surface area contributed by atoms with Crippen LogP contribution in [-0.2, 0) is 18.4 Å². The lowest BCUT2D eigenvalue weighted by Gasteiger charge is -2.00. The molecule has 13 heavy (non-hydrogen) atoms. The van der Waals surface area contributed by atoms with Crippen LogP contribution in [0, 0.1) is 19.3 Å². The quantitative estimate of drug-likeness (QED) is 0.645. The fourth-order valence-electron chi connectivity index (χ4n) is 0.944. The Morgan fingerprint density at radius 1 is 1.85 bits per heavy atom. The second kappa shape index (κ2) is 3.76. The Morgan fingerprint density at radius 2 is 2.54 bits per heavy atom. The van der Waals surface area contributed by atoms with E-state index in [0.717, 1.165) is 11.3 Å². The zero-order valence-corrected chi connectivity index (χ0v) is 7.66. The van der Waals surface area contributed by atoms with E-state index in [-0.39, 0.29) is 0 Å². The third-order valence-corrected chi connectivity index (χ3v) is 1.91. The molecule has 0 aliphatic heterocycles. The van der Waals surface area contributed by atoms with Gasteiger partial charge in [-0.25, -0.2) is 0 Å². The molecule has 1 heterocycles. The van der Waals surface area contributed by atoms with Gasteiger partial charge in [-0.2, -0.15) is 5.10 Å². The molecule has 68 valence electrons. The zero-order valence-electron chi connectivity index (χ0n) is 7.66. The summed E-state index contributed by atoms with van der Waals surface area (Å²) in [5.74, 6) is 1.58. The third kappa shape index (κ3) is 2.09. The van der Waals surface area contributed by atoms with Crippen molar-refractivity contribution in [3.8, 4) is 12.3 Å². The predicted molar refractivity (Wildman–Crippen MR) is 48.6 cm³/mol. The minimum Gasteiger partial charge on any atom is -0.341 e. The Hall–Kier alpha value is -1.76. The van der Waals surface area contributed by atoms with Crippen molar-refractivity contribution in [1.82, 2.24) is 15.1 Å². The number of nitrogens with zero attached hydrogens (tertiary/aromatic N) is 2. The van der Waals surface area contributed by atoms with Crippen molar-refractivity contribution in [2.24, 2.45) is 7.05 Å². The van der Waals surface area contributed by atoms with E-state index in [2.05, 4.69) is 10.4 Å². The lowest BCUT2D eigenvalue weighted by molar-refractivity contribution is -0.115. The van der Waals surface area contributed by atoms with Gasteiger partial charge in [-0.05, 0) is 12.8 Å². The molecule has 1 amide bonds. The summed E-state index contributed by atoms with van der Waals surface area (Å²) >= 11 is 0. The van der Waals surface area contributed by atoms with Crippen molar-refractivity contribution in [3.63, 3.8) is 0 Å². The molecule has 1 aromatic heterocycles. The summed E-state index contributed by atoms with van der Waals surface area (Å²) in [4.78, 5) is 10.7. The topological polar surface area (TPSA) is 46.9 Å². The molecule has 4 nitrogen and oxygen atoms in total. The Morgan fingerprint density at radius 3 is 3.00 bits per heavy atom.